The number of hydrogen-bond acceptors (Lipinski definition) is 4. The number of nitrogens with one attached hydrogen (secondary N) is 1. The zero-order chi connectivity index (χ0) is 17.0. The molecule has 23 heavy (non-hydrogen) atoms. The minimum absolute atomic E-state index is 0.141. The van der Waals surface area contributed by atoms with Gasteiger partial charge in [0.25, 0.3) is 10.2 Å². The Balaban J connectivity index is 2.21. The van der Waals surface area contributed by atoms with Crippen molar-refractivity contribution in [3.8, 4) is 11.5 Å². The SMILES string of the molecule is CCOc1cc2c(cc1CNS(=O)(=O)N(CC)CC)OC(C)C2. The molecular formula is C16H26N2O4S. The van der Waals surface area contributed by atoms with Crippen LogP contribution in [0, 0.1) is 0 Å². The van der Waals surface area contributed by atoms with E-state index in [9.17, 15) is 8.42 Å². The van der Waals surface area contributed by atoms with E-state index in [0.717, 1.165) is 23.3 Å². The van der Waals surface area contributed by atoms with Crippen molar-refractivity contribution in [3.63, 3.8) is 0 Å². The van der Waals surface area contributed by atoms with Crippen LogP contribution in [0.3, 0.4) is 0 Å². The number of rotatable bonds is 8. The molecule has 0 radical (unpaired) electrons. The lowest BCUT2D eigenvalue weighted by Crippen LogP contribution is -2.40. The van der Waals surface area contributed by atoms with E-state index in [1.165, 1.54) is 4.31 Å². The number of hydrogen-bond donors (Lipinski definition) is 1. The highest BCUT2D eigenvalue weighted by molar-refractivity contribution is 7.87. The molecule has 1 heterocycles. The third-order valence-electron chi connectivity index (χ3n) is 3.87. The second kappa shape index (κ2) is 7.51. The number of fused-ring (bicyclic) bond motifs is 1. The molecule has 1 aromatic carbocycles. The first-order chi connectivity index (χ1) is 10.9. The van der Waals surface area contributed by atoms with Crippen molar-refractivity contribution in [2.24, 2.45) is 0 Å². The van der Waals surface area contributed by atoms with Crippen molar-refractivity contribution in [1.29, 1.82) is 0 Å². The molecule has 0 fully saturated rings. The maximum Gasteiger partial charge on any atom is 0.279 e. The Morgan fingerprint density at radius 2 is 2.00 bits per heavy atom. The summed E-state index contributed by atoms with van der Waals surface area (Å²) in [5.74, 6) is 1.53. The standard InChI is InChI=1S/C16H26N2O4S/c1-5-18(6-2)23(19,20)17-11-14-10-16-13(8-12(4)22-16)9-15(14)21-7-3/h9-10,12,17H,5-8,11H2,1-4H3. The molecule has 0 bridgehead atoms. The zero-order valence-corrected chi connectivity index (χ0v) is 15.1. The van der Waals surface area contributed by atoms with E-state index in [0.29, 0.717) is 25.4 Å². The van der Waals surface area contributed by atoms with Crippen molar-refractivity contribution in [2.45, 2.75) is 46.8 Å². The van der Waals surface area contributed by atoms with Crippen LogP contribution in [-0.4, -0.2) is 38.5 Å². The zero-order valence-electron chi connectivity index (χ0n) is 14.3. The van der Waals surface area contributed by atoms with Gasteiger partial charge in [0.2, 0.25) is 0 Å². The lowest BCUT2D eigenvalue weighted by atomic mass is 10.1. The fourth-order valence-electron chi connectivity index (χ4n) is 2.73. The van der Waals surface area contributed by atoms with Gasteiger partial charge < -0.3 is 9.47 Å². The van der Waals surface area contributed by atoms with Crippen LogP contribution in [0.2, 0.25) is 0 Å². The predicted octanol–water partition coefficient (Wildman–Crippen LogP) is 2.08. The Kier molecular flexibility index (Phi) is 5.89. The van der Waals surface area contributed by atoms with E-state index >= 15 is 0 Å². The van der Waals surface area contributed by atoms with Crippen LogP contribution in [0.4, 0.5) is 0 Å². The van der Waals surface area contributed by atoms with Crippen LogP contribution in [0.25, 0.3) is 0 Å². The highest BCUT2D eigenvalue weighted by Gasteiger charge is 2.23. The summed E-state index contributed by atoms with van der Waals surface area (Å²) in [6.45, 7) is 9.16. The van der Waals surface area contributed by atoms with Gasteiger partial charge in [-0.25, -0.2) is 0 Å². The molecule has 0 aliphatic carbocycles. The third kappa shape index (κ3) is 4.16. The van der Waals surface area contributed by atoms with Gasteiger partial charge in [-0.2, -0.15) is 17.4 Å². The molecule has 0 amide bonds. The second-order valence-electron chi connectivity index (χ2n) is 5.54. The van der Waals surface area contributed by atoms with Gasteiger partial charge in [0, 0.05) is 37.2 Å². The molecule has 1 N–H and O–H groups in total. The van der Waals surface area contributed by atoms with Crippen molar-refractivity contribution in [1.82, 2.24) is 9.03 Å². The highest BCUT2D eigenvalue weighted by atomic mass is 32.2. The largest absolute Gasteiger partial charge is 0.494 e. The summed E-state index contributed by atoms with van der Waals surface area (Å²) in [5.41, 5.74) is 1.90. The fourth-order valence-corrected chi connectivity index (χ4v) is 3.93. The fraction of sp³-hybridized carbons (Fsp3) is 0.625. The summed E-state index contributed by atoms with van der Waals surface area (Å²) in [5, 5.41) is 0. The molecule has 1 aliphatic heterocycles. The van der Waals surface area contributed by atoms with E-state index < -0.39 is 10.2 Å². The molecule has 6 nitrogen and oxygen atoms in total. The van der Waals surface area contributed by atoms with Crippen LogP contribution in [0.15, 0.2) is 12.1 Å². The Morgan fingerprint density at radius 3 is 2.61 bits per heavy atom. The minimum Gasteiger partial charge on any atom is -0.494 e. The van der Waals surface area contributed by atoms with Crippen LogP contribution in [0.5, 0.6) is 11.5 Å². The smallest absolute Gasteiger partial charge is 0.279 e. The first-order valence-corrected chi connectivity index (χ1v) is 9.55. The van der Waals surface area contributed by atoms with Crippen LogP contribution in [-0.2, 0) is 23.2 Å². The molecule has 2 rings (SSSR count). The summed E-state index contributed by atoms with van der Waals surface area (Å²) in [4.78, 5) is 0. The Morgan fingerprint density at radius 1 is 1.30 bits per heavy atom. The van der Waals surface area contributed by atoms with E-state index in [2.05, 4.69) is 4.72 Å². The maximum atomic E-state index is 12.3. The van der Waals surface area contributed by atoms with E-state index in [4.69, 9.17) is 9.47 Å². The highest BCUT2D eigenvalue weighted by Crippen LogP contribution is 2.35. The number of benzene rings is 1. The van der Waals surface area contributed by atoms with Gasteiger partial charge in [0.15, 0.2) is 0 Å². The van der Waals surface area contributed by atoms with Crippen molar-refractivity contribution in [2.75, 3.05) is 19.7 Å². The van der Waals surface area contributed by atoms with Gasteiger partial charge in [-0.3, -0.25) is 0 Å². The number of ether oxygens (including phenoxy) is 2. The molecular weight excluding hydrogens is 316 g/mol. The first kappa shape index (κ1) is 18.0. The Hall–Kier alpha value is -1.31. The van der Waals surface area contributed by atoms with Crippen molar-refractivity contribution >= 4 is 10.2 Å². The second-order valence-corrected chi connectivity index (χ2v) is 7.30. The van der Waals surface area contributed by atoms with E-state index in [1.807, 2.05) is 39.8 Å². The summed E-state index contributed by atoms with van der Waals surface area (Å²) < 4.78 is 40.0. The van der Waals surface area contributed by atoms with Crippen LogP contribution < -0.4 is 14.2 Å². The van der Waals surface area contributed by atoms with Gasteiger partial charge in [-0.15, -0.1) is 0 Å². The van der Waals surface area contributed by atoms with Crippen molar-refractivity contribution < 1.29 is 17.9 Å². The average molecular weight is 342 g/mol. The predicted molar refractivity (Wildman–Crippen MR) is 90.1 cm³/mol. The molecule has 0 spiro atoms. The quantitative estimate of drug-likeness (QED) is 0.785. The maximum absolute atomic E-state index is 12.3. The van der Waals surface area contributed by atoms with Crippen molar-refractivity contribution in [3.05, 3.63) is 23.3 Å². The molecule has 1 unspecified atom stereocenters. The Bertz CT molecular complexity index is 642. The normalized spacial score (nSPS) is 17.2. The molecule has 0 saturated heterocycles. The monoisotopic (exact) mass is 342 g/mol. The number of nitrogens with zero attached hydrogens (tertiary/aromatic N) is 1. The molecule has 1 aromatic rings. The van der Waals surface area contributed by atoms with Gasteiger partial charge >= 0.3 is 0 Å². The van der Waals surface area contributed by atoms with Gasteiger partial charge in [0.1, 0.15) is 17.6 Å². The van der Waals surface area contributed by atoms with Crippen LogP contribution >= 0.6 is 0 Å². The summed E-state index contributed by atoms with van der Waals surface area (Å²) in [7, 11) is -3.49. The topological polar surface area (TPSA) is 67.9 Å². The van der Waals surface area contributed by atoms with Gasteiger partial charge in [-0.1, -0.05) is 13.8 Å². The summed E-state index contributed by atoms with van der Waals surface area (Å²) >= 11 is 0. The molecule has 7 heteroatoms. The van der Waals surface area contributed by atoms with Crippen LogP contribution in [0.1, 0.15) is 38.8 Å². The summed E-state index contributed by atoms with van der Waals surface area (Å²) in [6.07, 6.45) is 0.989. The third-order valence-corrected chi connectivity index (χ3v) is 5.57. The average Bonchev–Trinajstić information content (AvgIpc) is 2.85. The lowest BCUT2D eigenvalue weighted by Gasteiger charge is -2.19. The van der Waals surface area contributed by atoms with E-state index in [1.54, 1.807) is 0 Å². The molecule has 0 aromatic heterocycles. The lowest BCUT2D eigenvalue weighted by molar-refractivity contribution is 0.254. The molecule has 0 saturated carbocycles. The first-order valence-electron chi connectivity index (χ1n) is 8.11. The Labute approximate surface area is 139 Å². The van der Waals surface area contributed by atoms with Gasteiger partial charge in [0.05, 0.1) is 6.61 Å². The molecule has 1 aliphatic rings. The van der Waals surface area contributed by atoms with E-state index in [-0.39, 0.29) is 12.6 Å². The molecule has 1 atom stereocenters. The summed E-state index contributed by atoms with van der Waals surface area (Å²) in [6, 6.07) is 3.85. The minimum atomic E-state index is -3.49. The molecule has 130 valence electrons. The van der Waals surface area contributed by atoms with Gasteiger partial charge in [-0.05, 0) is 26.0 Å².